The van der Waals surface area contributed by atoms with E-state index >= 15 is 0 Å². The Morgan fingerprint density at radius 3 is 2.50 bits per heavy atom. The van der Waals surface area contributed by atoms with Gasteiger partial charge in [-0.1, -0.05) is 18.2 Å². The minimum Gasteiger partial charge on any atom is -0.488 e. The number of halogens is 1. The Kier molecular flexibility index (Phi) is 3.59. The third kappa shape index (κ3) is 2.78. The average Bonchev–Trinajstić information content (AvgIpc) is 2.09. The first-order valence-electron chi connectivity index (χ1n) is 4.54. The molecular weight excluding hydrogens is 196 g/mol. The van der Waals surface area contributed by atoms with Gasteiger partial charge in [-0.15, -0.1) is 0 Å². The fourth-order valence-electron chi connectivity index (χ4n) is 1.07. The third-order valence-corrected chi connectivity index (χ3v) is 2.32. The van der Waals surface area contributed by atoms with Gasteiger partial charge in [0.15, 0.2) is 0 Å². The molecule has 0 aromatic heterocycles. The topological polar surface area (TPSA) is 9.23 Å². The Hall–Kier alpha value is -0.950. The van der Waals surface area contributed by atoms with Crippen molar-refractivity contribution < 1.29 is 4.74 Å². The van der Waals surface area contributed by atoms with Gasteiger partial charge in [0.05, 0.1) is 5.02 Å². The maximum atomic E-state index is 6.03. The van der Waals surface area contributed by atoms with Crippen LogP contribution in [0.15, 0.2) is 24.3 Å². The van der Waals surface area contributed by atoms with Crippen LogP contribution in [0, 0.1) is 13.8 Å². The molecule has 1 aromatic carbocycles. The largest absolute Gasteiger partial charge is 0.488 e. The normalized spacial score (nSPS) is 10.0. The van der Waals surface area contributed by atoms with E-state index in [-0.39, 0.29) is 0 Å². The van der Waals surface area contributed by atoms with Gasteiger partial charge in [0.1, 0.15) is 12.4 Å². The molecule has 14 heavy (non-hydrogen) atoms. The zero-order valence-corrected chi connectivity index (χ0v) is 9.61. The summed E-state index contributed by atoms with van der Waals surface area (Å²) in [6, 6.07) is 3.88. The summed E-state index contributed by atoms with van der Waals surface area (Å²) < 4.78 is 5.50. The predicted molar refractivity (Wildman–Crippen MR) is 61.2 cm³/mol. The maximum absolute atomic E-state index is 6.03. The highest BCUT2D eigenvalue weighted by molar-refractivity contribution is 6.32. The van der Waals surface area contributed by atoms with Crippen molar-refractivity contribution in [2.75, 3.05) is 6.61 Å². The third-order valence-electron chi connectivity index (χ3n) is 2.02. The van der Waals surface area contributed by atoms with Gasteiger partial charge in [-0.2, -0.15) is 0 Å². The highest BCUT2D eigenvalue weighted by Gasteiger charge is 2.04. The first kappa shape index (κ1) is 11.1. The number of aryl methyl sites for hydroxylation is 2. The highest BCUT2D eigenvalue weighted by atomic mass is 35.5. The van der Waals surface area contributed by atoms with E-state index in [9.17, 15) is 0 Å². The smallest absolute Gasteiger partial charge is 0.138 e. The van der Waals surface area contributed by atoms with E-state index in [1.807, 2.05) is 32.9 Å². The van der Waals surface area contributed by atoms with Crippen LogP contribution in [0.5, 0.6) is 5.75 Å². The van der Waals surface area contributed by atoms with E-state index in [0.717, 1.165) is 11.3 Å². The van der Waals surface area contributed by atoms with Gasteiger partial charge in [-0.05, 0) is 49.6 Å². The molecule has 0 aliphatic rings. The Morgan fingerprint density at radius 2 is 1.93 bits per heavy atom. The van der Waals surface area contributed by atoms with E-state index in [4.69, 9.17) is 16.3 Å². The quantitative estimate of drug-likeness (QED) is 0.688. The van der Waals surface area contributed by atoms with Crippen LogP contribution in [0.4, 0.5) is 0 Å². The molecule has 0 spiro atoms. The Labute approximate surface area is 90.3 Å². The summed E-state index contributed by atoms with van der Waals surface area (Å²) in [6.45, 7) is 10.3. The highest BCUT2D eigenvalue weighted by Crippen LogP contribution is 2.27. The predicted octanol–water partition coefficient (Wildman–Crippen LogP) is 3.91. The van der Waals surface area contributed by atoms with Gasteiger partial charge in [-0.3, -0.25) is 0 Å². The van der Waals surface area contributed by atoms with Gasteiger partial charge in [-0.25, -0.2) is 0 Å². The molecule has 76 valence electrons. The lowest BCUT2D eigenvalue weighted by atomic mass is 10.1. The molecule has 0 aliphatic heterocycles. The molecular formula is C12H15ClO. The summed E-state index contributed by atoms with van der Waals surface area (Å²) in [5, 5.41) is 0.661. The Balaban J connectivity index is 2.87. The molecule has 0 amide bonds. The van der Waals surface area contributed by atoms with E-state index in [0.29, 0.717) is 11.6 Å². The van der Waals surface area contributed by atoms with E-state index in [2.05, 4.69) is 6.58 Å². The molecule has 2 heteroatoms. The van der Waals surface area contributed by atoms with Crippen LogP contribution in [0.2, 0.25) is 5.02 Å². The molecule has 0 aliphatic carbocycles. The zero-order valence-electron chi connectivity index (χ0n) is 8.86. The van der Waals surface area contributed by atoms with Crippen LogP contribution in [0.25, 0.3) is 0 Å². The lowest BCUT2D eigenvalue weighted by Gasteiger charge is -2.10. The Morgan fingerprint density at radius 1 is 1.36 bits per heavy atom. The monoisotopic (exact) mass is 210 g/mol. The van der Waals surface area contributed by atoms with E-state index in [1.54, 1.807) is 0 Å². The lowest BCUT2D eigenvalue weighted by molar-refractivity contribution is 0.352. The molecule has 0 saturated carbocycles. The molecule has 0 bridgehead atoms. The van der Waals surface area contributed by atoms with Crippen LogP contribution in [-0.4, -0.2) is 6.61 Å². The fraction of sp³-hybridized carbons (Fsp3) is 0.333. The molecule has 0 saturated heterocycles. The maximum Gasteiger partial charge on any atom is 0.138 e. The van der Waals surface area contributed by atoms with Gasteiger partial charge >= 0.3 is 0 Å². The van der Waals surface area contributed by atoms with E-state index in [1.165, 1.54) is 11.1 Å². The molecule has 0 N–H and O–H groups in total. The Bertz CT molecular complexity index is 356. The lowest BCUT2D eigenvalue weighted by Crippen LogP contribution is -1.98. The van der Waals surface area contributed by atoms with E-state index < -0.39 is 0 Å². The van der Waals surface area contributed by atoms with Crippen molar-refractivity contribution in [2.24, 2.45) is 0 Å². The SMILES string of the molecule is C=C(C)COc1cc(C)c(C)cc1Cl. The first-order chi connectivity index (χ1) is 6.50. The number of rotatable bonds is 3. The molecule has 1 aromatic rings. The standard InChI is InChI=1S/C12H15ClO/c1-8(2)7-14-12-6-10(4)9(3)5-11(12)13/h5-6H,1,7H2,2-4H3. The summed E-state index contributed by atoms with van der Waals surface area (Å²) in [5.74, 6) is 0.734. The van der Waals surface area contributed by atoms with Crippen molar-refractivity contribution >= 4 is 11.6 Å². The first-order valence-corrected chi connectivity index (χ1v) is 4.92. The minimum absolute atomic E-state index is 0.516. The van der Waals surface area contributed by atoms with Crippen molar-refractivity contribution in [3.05, 3.63) is 40.4 Å². The van der Waals surface area contributed by atoms with Crippen LogP contribution >= 0.6 is 11.6 Å². The van der Waals surface area contributed by atoms with Crippen LogP contribution in [0.1, 0.15) is 18.1 Å². The number of benzene rings is 1. The fourth-order valence-corrected chi connectivity index (χ4v) is 1.34. The van der Waals surface area contributed by atoms with Crippen LogP contribution in [0.3, 0.4) is 0 Å². The molecule has 1 nitrogen and oxygen atoms in total. The molecule has 1 rings (SSSR count). The van der Waals surface area contributed by atoms with Crippen molar-refractivity contribution in [3.63, 3.8) is 0 Å². The van der Waals surface area contributed by atoms with Crippen LogP contribution in [-0.2, 0) is 0 Å². The molecule has 0 unspecified atom stereocenters. The summed E-state index contributed by atoms with van der Waals surface area (Å²) in [6.07, 6.45) is 0. The number of ether oxygens (including phenoxy) is 1. The second-order valence-corrected chi connectivity index (χ2v) is 4.02. The number of hydrogen-bond donors (Lipinski definition) is 0. The number of hydrogen-bond acceptors (Lipinski definition) is 1. The second-order valence-electron chi connectivity index (χ2n) is 3.61. The van der Waals surface area contributed by atoms with Crippen LogP contribution < -0.4 is 4.74 Å². The molecule has 0 heterocycles. The van der Waals surface area contributed by atoms with Gasteiger partial charge < -0.3 is 4.74 Å². The second kappa shape index (κ2) is 4.52. The summed E-state index contributed by atoms with van der Waals surface area (Å²) in [4.78, 5) is 0. The van der Waals surface area contributed by atoms with Gasteiger partial charge in [0, 0.05) is 0 Å². The molecule has 0 radical (unpaired) electrons. The van der Waals surface area contributed by atoms with Crippen molar-refractivity contribution in [1.82, 2.24) is 0 Å². The van der Waals surface area contributed by atoms with Crippen molar-refractivity contribution in [2.45, 2.75) is 20.8 Å². The van der Waals surface area contributed by atoms with Gasteiger partial charge in [0.2, 0.25) is 0 Å². The average molecular weight is 211 g/mol. The minimum atomic E-state index is 0.516. The summed E-state index contributed by atoms with van der Waals surface area (Å²) in [7, 11) is 0. The van der Waals surface area contributed by atoms with Crippen molar-refractivity contribution in [1.29, 1.82) is 0 Å². The van der Waals surface area contributed by atoms with Crippen molar-refractivity contribution in [3.8, 4) is 5.75 Å². The zero-order chi connectivity index (χ0) is 10.7. The van der Waals surface area contributed by atoms with Gasteiger partial charge in [0.25, 0.3) is 0 Å². The molecule has 0 fully saturated rings. The summed E-state index contributed by atoms with van der Waals surface area (Å²) >= 11 is 6.03. The molecule has 0 atom stereocenters. The summed E-state index contributed by atoms with van der Waals surface area (Å²) in [5.41, 5.74) is 3.35.